The molecular weight excluding hydrogens is 208 g/mol. The van der Waals surface area contributed by atoms with E-state index in [1.807, 2.05) is 6.92 Å². The number of urea groups is 1. The minimum Gasteiger partial charge on any atom is -0.480 e. The maximum absolute atomic E-state index is 11.4. The van der Waals surface area contributed by atoms with Crippen molar-refractivity contribution in [1.29, 1.82) is 0 Å². The molecule has 0 saturated carbocycles. The van der Waals surface area contributed by atoms with Crippen LogP contribution in [0.1, 0.15) is 40.5 Å². The quantitative estimate of drug-likeness (QED) is 0.648. The third kappa shape index (κ3) is 5.58. The van der Waals surface area contributed by atoms with Gasteiger partial charge in [0.1, 0.15) is 5.54 Å². The van der Waals surface area contributed by atoms with Crippen LogP contribution >= 0.6 is 0 Å². The fraction of sp³-hybridized carbons (Fsp3) is 0.818. The van der Waals surface area contributed by atoms with Gasteiger partial charge in [-0.05, 0) is 26.2 Å². The Morgan fingerprint density at radius 1 is 1.38 bits per heavy atom. The van der Waals surface area contributed by atoms with Crippen molar-refractivity contribution in [2.24, 2.45) is 5.92 Å². The number of hydrogen-bond acceptors (Lipinski definition) is 2. The molecule has 0 aromatic heterocycles. The summed E-state index contributed by atoms with van der Waals surface area (Å²) >= 11 is 0. The lowest BCUT2D eigenvalue weighted by Crippen LogP contribution is -2.53. The van der Waals surface area contributed by atoms with Gasteiger partial charge in [-0.2, -0.15) is 0 Å². The van der Waals surface area contributed by atoms with E-state index < -0.39 is 17.5 Å². The highest BCUT2D eigenvalue weighted by atomic mass is 16.4. The van der Waals surface area contributed by atoms with Crippen LogP contribution in [0.3, 0.4) is 0 Å². The first kappa shape index (κ1) is 14.7. The molecule has 0 fully saturated rings. The van der Waals surface area contributed by atoms with Crippen molar-refractivity contribution in [3.05, 3.63) is 0 Å². The molecule has 16 heavy (non-hydrogen) atoms. The number of carboxylic acid groups (broad SMARTS) is 1. The lowest BCUT2D eigenvalue weighted by Gasteiger charge is -2.22. The van der Waals surface area contributed by atoms with Crippen LogP contribution in [0.2, 0.25) is 0 Å². The molecule has 2 amide bonds. The van der Waals surface area contributed by atoms with Gasteiger partial charge in [0.05, 0.1) is 0 Å². The van der Waals surface area contributed by atoms with Gasteiger partial charge in [-0.1, -0.05) is 20.3 Å². The second-order valence-corrected chi connectivity index (χ2v) is 4.66. The van der Waals surface area contributed by atoms with Crippen LogP contribution in [0.25, 0.3) is 0 Å². The Morgan fingerprint density at radius 2 is 1.94 bits per heavy atom. The molecular formula is C11H22N2O3. The lowest BCUT2D eigenvalue weighted by molar-refractivity contribution is -0.142. The van der Waals surface area contributed by atoms with E-state index in [4.69, 9.17) is 5.11 Å². The first-order valence-corrected chi connectivity index (χ1v) is 5.59. The Labute approximate surface area is 96.6 Å². The predicted octanol–water partition coefficient (Wildman–Crippen LogP) is 1.58. The molecule has 0 aromatic carbocycles. The Kier molecular flexibility index (Phi) is 5.85. The number of rotatable bonds is 6. The van der Waals surface area contributed by atoms with Crippen molar-refractivity contribution in [1.82, 2.24) is 10.6 Å². The highest BCUT2D eigenvalue weighted by Gasteiger charge is 2.28. The van der Waals surface area contributed by atoms with Gasteiger partial charge < -0.3 is 15.7 Å². The molecule has 0 aliphatic rings. The molecule has 5 heteroatoms. The molecule has 0 radical (unpaired) electrons. The SMILES string of the molecule is CCCC(C)CNC(=O)NC(C)(C)C(=O)O. The number of carbonyl (C=O) groups is 2. The van der Waals surface area contributed by atoms with Crippen LogP contribution in [0, 0.1) is 5.92 Å². The second kappa shape index (κ2) is 6.35. The zero-order valence-electron chi connectivity index (χ0n) is 10.5. The molecule has 0 heterocycles. The Hall–Kier alpha value is -1.26. The summed E-state index contributed by atoms with van der Waals surface area (Å²) in [5, 5.41) is 13.9. The van der Waals surface area contributed by atoms with Gasteiger partial charge >= 0.3 is 12.0 Å². The molecule has 0 spiro atoms. The number of amides is 2. The van der Waals surface area contributed by atoms with E-state index in [9.17, 15) is 9.59 Å². The third-order valence-electron chi connectivity index (χ3n) is 2.35. The van der Waals surface area contributed by atoms with Crippen LogP contribution in [-0.4, -0.2) is 29.2 Å². The van der Waals surface area contributed by atoms with Gasteiger partial charge in [-0.25, -0.2) is 9.59 Å². The van der Waals surface area contributed by atoms with Gasteiger partial charge in [-0.3, -0.25) is 0 Å². The maximum atomic E-state index is 11.4. The van der Waals surface area contributed by atoms with Crippen LogP contribution < -0.4 is 10.6 Å². The van der Waals surface area contributed by atoms with E-state index in [0.717, 1.165) is 12.8 Å². The maximum Gasteiger partial charge on any atom is 0.328 e. The van der Waals surface area contributed by atoms with E-state index in [0.29, 0.717) is 12.5 Å². The van der Waals surface area contributed by atoms with Gasteiger partial charge in [0.2, 0.25) is 0 Å². The summed E-state index contributed by atoms with van der Waals surface area (Å²) in [6.45, 7) is 7.60. The predicted molar refractivity (Wildman–Crippen MR) is 62.3 cm³/mol. The average molecular weight is 230 g/mol. The Bertz CT molecular complexity index is 252. The topological polar surface area (TPSA) is 78.4 Å². The number of nitrogens with one attached hydrogen (secondary N) is 2. The molecule has 1 atom stereocenters. The Morgan fingerprint density at radius 3 is 2.38 bits per heavy atom. The van der Waals surface area contributed by atoms with E-state index in [-0.39, 0.29) is 0 Å². The van der Waals surface area contributed by atoms with Gasteiger partial charge in [0.15, 0.2) is 0 Å². The van der Waals surface area contributed by atoms with Crippen LogP contribution in [-0.2, 0) is 4.79 Å². The average Bonchev–Trinajstić information content (AvgIpc) is 2.14. The largest absolute Gasteiger partial charge is 0.480 e. The van der Waals surface area contributed by atoms with Crippen LogP contribution in [0.4, 0.5) is 4.79 Å². The minimum atomic E-state index is -1.24. The standard InChI is InChI=1S/C11H22N2O3/c1-5-6-8(2)7-12-10(16)13-11(3,4)9(14)15/h8H,5-7H2,1-4H3,(H,14,15)(H2,12,13,16). The van der Waals surface area contributed by atoms with Crippen LogP contribution in [0.5, 0.6) is 0 Å². The lowest BCUT2D eigenvalue weighted by atomic mass is 10.1. The number of hydrogen-bond donors (Lipinski definition) is 3. The molecule has 1 unspecified atom stereocenters. The summed E-state index contributed by atoms with van der Waals surface area (Å²) < 4.78 is 0. The van der Waals surface area contributed by atoms with Crippen molar-refractivity contribution in [2.75, 3.05) is 6.54 Å². The van der Waals surface area contributed by atoms with E-state index >= 15 is 0 Å². The number of aliphatic carboxylic acids is 1. The third-order valence-corrected chi connectivity index (χ3v) is 2.35. The van der Waals surface area contributed by atoms with Crippen molar-refractivity contribution < 1.29 is 14.7 Å². The molecule has 0 aliphatic carbocycles. The first-order chi connectivity index (χ1) is 7.29. The van der Waals surface area contributed by atoms with Gasteiger partial charge in [-0.15, -0.1) is 0 Å². The second-order valence-electron chi connectivity index (χ2n) is 4.66. The number of carboxylic acids is 1. The van der Waals surface area contributed by atoms with Gasteiger partial charge in [0, 0.05) is 6.54 Å². The highest BCUT2D eigenvalue weighted by Crippen LogP contribution is 2.04. The molecule has 5 nitrogen and oxygen atoms in total. The van der Waals surface area contributed by atoms with E-state index in [1.165, 1.54) is 13.8 Å². The summed E-state index contributed by atoms with van der Waals surface area (Å²) in [4.78, 5) is 22.1. The molecule has 94 valence electrons. The molecule has 0 aromatic rings. The van der Waals surface area contributed by atoms with Crippen molar-refractivity contribution in [2.45, 2.75) is 46.1 Å². The first-order valence-electron chi connectivity index (χ1n) is 5.59. The smallest absolute Gasteiger partial charge is 0.328 e. The summed E-state index contributed by atoms with van der Waals surface area (Å²) in [5.41, 5.74) is -1.24. The number of carbonyl (C=O) groups excluding carboxylic acids is 1. The fourth-order valence-corrected chi connectivity index (χ4v) is 1.24. The molecule has 0 rings (SSSR count). The van der Waals surface area contributed by atoms with Gasteiger partial charge in [0.25, 0.3) is 0 Å². The summed E-state index contributed by atoms with van der Waals surface area (Å²) in [5.74, 6) is -0.645. The Balaban J connectivity index is 3.96. The summed E-state index contributed by atoms with van der Waals surface area (Å²) in [7, 11) is 0. The summed E-state index contributed by atoms with van der Waals surface area (Å²) in [6.07, 6.45) is 2.12. The van der Waals surface area contributed by atoms with Crippen LogP contribution in [0.15, 0.2) is 0 Å². The molecule has 0 bridgehead atoms. The molecule has 0 saturated heterocycles. The van der Waals surface area contributed by atoms with E-state index in [1.54, 1.807) is 0 Å². The molecule has 0 aliphatic heterocycles. The summed E-state index contributed by atoms with van der Waals surface area (Å²) in [6, 6.07) is -0.435. The highest BCUT2D eigenvalue weighted by molar-refractivity contribution is 5.85. The molecule has 3 N–H and O–H groups in total. The normalized spacial score (nSPS) is 13.0. The van der Waals surface area contributed by atoms with Crippen molar-refractivity contribution >= 4 is 12.0 Å². The monoisotopic (exact) mass is 230 g/mol. The minimum absolute atomic E-state index is 0.406. The fourth-order valence-electron chi connectivity index (χ4n) is 1.24. The zero-order valence-corrected chi connectivity index (χ0v) is 10.5. The zero-order chi connectivity index (χ0) is 12.8. The van der Waals surface area contributed by atoms with Crippen molar-refractivity contribution in [3.63, 3.8) is 0 Å². The van der Waals surface area contributed by atoms with E-state index in [2.05, 4.69) is 17.6 Å². The van der Waals surface area contributed by atoms with Crippen molar-refractivity contribution in [3.8, 4) is 0 Å².